The third-order valence-corrected chi connectivity index (χ3v) is 3.94. The quantitative estimate of drug-likeness (QED) is 0.739. The molecule has 0 aromatic heterocycles. The summed E-state index contributed by atoms with van der Waals surface area (Å²) in [6, 6.07) is 16.7. The molecule has 0 aliphatic heterocycles. The molecule has 0 fully saturated rings. The molecule has 0 radical (unpaired) electrons. The van der Waals surface area contributed by atoms with E-state index in [1.165, 1.54) is 7.11 Å². The fourth-order valence-corrected chi connectivity index (χ4v) is 2.37. The van der Waals surface area contributed by atoms with Gasteiger partial charge >= 0.3 is 5.97 Å². The maximum absolute atomic E-state index is 11.9. The number of esters is 1. The van der Waals surface area contributed by atoms with Gasteiger partial charge in [0.25, 0.3) is 0 Å². The van der Waals surface area contributed by atoms with Crippen molar-refractivity contribution < 1.29 is 19.1 Å². The van der Waals surface area contributed by atoms with Crippen molar-refractivity contribution in [2.75, 3.05) is 7.11 Å². The first-order chi connectivity index (χ1) is 12.5. The van der Waals surface area contributed by atoms with Crippen LogP contribution in [-0.4, -0.2) is 25.0 Å². The van der Waals surface area contributed by atoms with Gasteiger partial charge in [-0.25, -0.2) is 4.79 Å². The average Bonchev–Trinajstić information content (AvgIpc) is 2.66. The maximum atomic E-state index is 11.9. The first kappa shape index (κ1) is 19.5. The van der Waals surface area contributed by atoms with Crippen molar-refractivity contribution in [1.29, 1.82) is 0 Å². The highest BCUT2D eigenvalue weighted by atomic mass is 16.5. The zero-order valence-electron chi connectivity index (χ0n) is 15.4. The van der Waals surface area contributed by atoms with Gasteiger partial charge in [0, 0.05) is 12.3 Å². The van der Waals surface area contributed by atoms with Gasteiger partial charge in [0.2, 0.25) is 5.91 Å². The van der Waals surface area contributed by atoms with E-state index < -0.39 is 12.0 Å². The average molecular weight is 355 g/mol. The minimum absolute atomic E-state index is 0.178. The van der Waals surface area contributed by atoms with Crippen LogP contribution in [0, 0.1) is 5.92 Å². The zero-order valence-corrected chi connectivity index (χ0v) is 15.4. The van der Waals surface area contributed by atoms with Gasteiger partial charge in [0.05, 0.1) is 7.11 Å². The van der Waals surface area contributed by atoms with Gasteiger partial charge in [0.1, 0.15) is 18.4 Å². The summed E-state index contributed by atoms with van der Waals surface area (Å²) in [5.74, 6) is -0.0824. The molecule has 0 unspecified atom stereocenters. The highest BCUT2D eigenvalue weighted by molar-refractivity contribution is 5.85. The number of ether oxygens (including phenoxy) is 2. The standard InChI is InChI=1S/C21H25NO4/c1-15(2)20(23)22-19(21(24)25-3)13-16-9-11-18(12-10-16)26-14-17-7-5-4-6-8-17/h4-12,15,19H,13-14H2,1-3H3,(H,22,23)/t19-/m1/s1. The summed E-state index contributed by atoms with van der Waals surface area (Å²) in [6.07, 6.45) is 0.365. The van der Waals surface area contributed by atoms with Crippen LogP contribution >= 0.6 is 0 Å². The number of benzene rings is 2. The number of carbonyl (C=O) groups is 2. The summed E-state index contributed by atoms with van der Waals surface area (Å²) in [7, 11) is 1.32. The number of amides is 1. The van der Waals surface area contributed by atoms with Crippen molar-refractivity contribution in [1.82, 2.24) is 5.32 Å². The number of carbonyl (C=O) groups excluding carboxylic acids is 2. The van der Waals surface area contributed by atoms with E-state index in [1.54, 1.807) is 13.8 Å². The monoisotopic (exact) mass is 355 g/mol. The Labute approximate surface area is 154 Å². The molecule has 0 heterocycles. The molecule has 2 rings (SSSR count). The summed E-state index contributed by atoms with van der Waals surface area (Å²) in [4.78, 5) is 23.8. The molecule has 5 nitrogen and oxygen atoms in total. The van der Waals surface area contributed by atoms with Gasteiger partial charge < -0.3 is 14.8 Å². The molecular weight excluding hydrogens is 330 g/mol. The molecule has 1 atom stereocenters. The largest absolute Gasteiger partial charge is 0.489 e. The van der Waals surface area contributed by atoms with Crippen LogP contribution in [0.2, 0.25) is 0 Å². The van der Waals surface area contributed by atoms with E-state index in [4.69, 9.17) is 9.47 Å². The first-order valence-electron chi connectivity index (χ1n) is 8.63. The Morgan fingerprint density at radius 2 is 1.62 bits per heavy atom. The van der Waals surface area contributed by atoms with E-state index in [0.29, 0.717) is 13.0 Å². The molecule has 138 valence electrons. The van der Waals surface area contributed by atoms with Gasteiger partial charge in [-0.15, -0.1) is 0 Å². The van der Waals surface area contributed by atoms with E-state index in [0.717, 1.165) is 16.9 Å². The van der Waals surface area contributed by atoms with Crippen molar-refractivity contribution in [3.63, 3.8) is 0 Å². The van der Waals surface area contributed by atoms with Gasteiger partial charge in [-0.05, 0) is 23.3 Å². The number of hydrogen-bond acceptors (Lipinski definition) is 4. The molecule has 2 aromatic rings. The number of rotatable bonds is 8. The molecule has 1 amide bonds. The van der Waals surface area contributed by atoms with Crippen LogP contribution in [0.4, 0.5) is 0 Å². The lowest BCUT2D eigenvalue weighted by molar-refractivity contribution is -0.145. The van der Waals surface area contributed by atoms with Crippen molar-refractivity contribution in [3.8, 4) is 5.75 Å². The van der Waals surface area contributed by atoms with Crippen molar-refractivity contribution in [3.05, 3.63) is 65.7 Å². The van der Waals surface area contributed by atoms with E-state index in [2.05, 4.69) is 5.32 Å². The molecule has 5 heteroatoms. The summed E-state index contributed by atoms with van der Waals surface area (Å²) in [6.45, 7) is 4.06. The molecule has 0 saturated carbocycles. The molecule has 0 bridgehead atoms. The molecule has 2 aromatic carbocycles. The Balaban J connectivity index is 1.96. The zero-order chi connectivity index (χ0) is 18.9. The summed E-state index contributed by atoms with van der Waals surface area (Å²) < 4.78 is 10.6. The normalized spacial score (nSPS) is 11.7. The third kappa shape index (κ3) is 5.92. The molecule has 0 aliphatic carbocycles. The highest BCUT2D eigenvalue weighted by Crippen LogP contribution is 2.16. The second kappa shape index (κ2) is 9.61. The Bertz CT molecular complexity index is 711. The van der Waals surface area contributed by atoms with Crippen LogP contribution in [0.25, 0.3) is 0 Å². The van der Waals surface area contributed by atoms with Crippen LogP contribution in [-0.2, 0) is 27.4 Å². The van der Waals surface area contributed by atoms with E-state index >= 15 is 0 Å². The van der Waals surface area contributed by atoms with E-state index in [9.17, 15) is 9.59 Å². The molecule has 26 heavy (non-hydrogen) atoms. The van der Waals surface area contributed by atoms with Gasteiger partial charge in [-0.2, -0.15) is 0 Å². The summed E-state index contributed by atoms with van der Waals surface area (Å²) >= 11 is 0. The second-order valence-electron chi connectivity index (χ2n) is 6.36. The summed E-state index contributed by atoms with van der Waals surface area (Å²) in [5.41, 5.74) is 2.01. The topological polar surface area (TPSA) is 64.6 Å². The minimum Gasteiger partial charge on any atom is -0.489 e. The molecular formula is C21H25NO4. The number of hydrogen-bond donors (Lipinski definition) is 1. The number of nitrogens with one attached hydrogen (secondary N) is 1. The Kier molecular flexibility index (Phi) is 7.21. The molecule has 0 saturated heterocycles. The van der Waals surface area contributed by atoms with Crippen LogP contribution in [0.3, 0.4) is 0 Å². The predicted octanol–water partition coefficient (Wildman–Crippen LogP) is 3.12. The van der Waals surface area contributed by atoms with Crippen molar-refractivity contribution in [2.45, 2.75) is 32.9 Å². The molecule has 0 spiro atoms. The lowest BCUT2D eigenvalue weighted by atomic mass is 10.0. The minimum atomic E-state index is -0.703. The smallest absolute Gasteiger partial charge is 0.328 e. The predicted molar refractivity (Wildman–Crippen MR) is 99.7 cm³/mol. The van der Waals surface area contributed by atoms with Crippen molar-refractivity contribution in [2.24, 2.45) is 5.92 Å². The molecule has 1 N–H and O–H groups in total. The van der Waals surface area contributed by atoms with Crippen LogP contribution in [0.5, 0.6) is 5.75 Å². The fourth-order valence-electron chi connectivity index (χ4n) is 2.37. The lowest BCUT2D eigenvalue weighted by Crippen LogP contribution is -2.44. The van der Waals surface area contributed by atoms with E-state index in [-0.39, 0.29) is 11.8 Å². The van der Waals surface area contributed by atoms with Crippen molar-refractivity contribution >= 4 is 11.9 Å². The molecule has 0 aliphatic rings. The second-order valence-corrected chi connectivity index (χ2v) is 6.36. The summed E-state index contributed by atoms with van der Waals surface area (Å²) in [5, 5.41) is 2.73. The third-order valence-electron chi connectivity index (χ3n) is 3.94. The van der Waals surface area contributed by atoms with Gasteiger partial charge in [-0.3, -0.25) is 4.79 Å². The SMILES string of the molecule is COC(=O)[C@@H](Cc1ccc(OCc2ccccc2)cc1)NC(=O)C(C)C. The number of methoxy groups -OCH3 is 1. The van der Waals surface area contributed by atoms with Gasteiger partial charge in [-0.1, -0.05) is 56.3 Å². The van der Waals surface area contributed by atoms with Gasteiger partial charge in [0.15, 0.2) is 0 Å². The van der Waals surface area contributed by atoms with Crippen LogP contribution < -0.4 is 10.1 Å². The first-order valence-corrected chi connectivity index (χ1v) is 8.63. The Morgan fingerprint density at radius 1 is 0.962 bits per heavy atom. The van der Waals surface area contributed by atoms with Crippen LogP contribution in [0.1, 0.15) is 25.0 Å². The van der Waals surface area contributed by atoms with Crippen LogP contribution in [0.15, 0.2) is 54.6 Å². The maximum Gasteiger partial charge on any atom is 0.328 e. The Hall–Kier alpha value is -2.82. The van der Waals surface area contributed by atoms with E-state index in [1.807, 2.05) is 54.6 Å². The lowest BCUT2D eigenvalue weighted by Gasteiger charge is -2.18. The Morgan fingerprint density at radius 3 is 2.19 bits per heavy atom. The highest BCUT2D eigenvalue weighted by Gasteiger charge is 2.23. The fraction of sp³-hybridized carbons (Fsp3) is 0.333.